The first-order valence-corrected chi connectivity index (χ1v) is 13.5. The molecule has 5 rings (SSSR count). The summed E-state index contributed by atoms with van der Waals surface area (Å²) in [6.45, 7) is 0.0526. The minimum absolute atomic E-state index is 0.00815. The average molecular weight is 505 g/mol. The highest BCUT2D eigenvalue weighted by Crippen LogP contribution is 2.31. The Kier molecular flexibility index (Phi) is 6.95. The summed E-state index contributed by atoms with van der Waals surface area (Å²) in [4.78, 5) is 16.8. The van der Waals surface area contributed by atoms with Crippen LogP contribution in [0.2, 0.25) is 0 Å². The Morgan fingerprint density at radius 3 is 2.63 bits per heavy atom. The molecular weight excluding hydrogens is 472 g/mol. The number of carbonyl (C=O) groups excluding carboxylic acids is 1. The molecule has 1 aromatic carbocycles. The lowest BCUT2D eigenvalue weighted by atomic mass is 9.96. The van der Waals surface area contributed by atoms with Gasteiger partial charge < -0.3 is 24.5 Å². The van der Waals surface area contributed by atoms with E-state index in [-0.39, 0.29) is 49.3 Å². The van der Waals surface area contributed by atoms with Gasteiger partial charge in [-0.15, -0.1) is 0 Å². The van der Waals surface area contributed by atoms with Crippen molar-refractivity contribution in [2.75, 3.05) is 19.8 Å². The van der Waals surface area contributed by atoms with Crippen molar-refractivity contribution in [3.8, 4) is 0 Å². The summed E-state index contributed by atoms with van der Waals surface area (Å²) in [5.41, 5.74) is 2.55. The predicted octanol–water partition coefficient (Wildman–Crippen LogP) is 0.392. The maximum Gasteiger partial charge on any atom is 0.262 e. The molecule has 1 aromatic heterocycles. The zero-order chi connectivity index (χ0) is 24.6. The van der Waals surface area contributed by atoms with E-state index < -0.39 is 28.3 Å². The van der Waals surface area contributed by atoms with Gasteiger partial charge in [0.1, 0.15) is 0 Å². The fourth-order valence-corrected chi connectivity index (χ4v) is 7.05. The molecule has 0 unspecified atom stereocenters. The molecule has 35 heavy (non-hydrogen) atoms. The van der Waals surface area contributed by atoms with Crippen LogP contribution in [0.1, 0.15) is 30.4 Å². The molecule has 3 aliphatic rings. The first-order valence-electron chi connectivity index (χ1n) is 12.1. The van der Waals surface area contributed by atoms with E-state index >= 15 is 0 Å². The third kappa shape index (κ3) is 5.29. The number of ether oxygens (including phenoxy) is 2. The van der Waals surface area contributed by atoms with Crippen molar-refractivity contribution in [3.63, 3.8) is 0 Å². The van der Waals surface area contributed by atoms with Crippen molar-refractivity contribution in [3.05, 3.63) is 47.9 Å². The summed E-state index contributed by atoms with van der Waals surface area (Å²) in [5.74, 6) is -0.0635. The highest BCUT2D eigenvalue weighted by atomic mass is 32.2. The summed E-state index contributed by atoms with van der Waals surface area (Å²) in [7, 11) is -2.24. The van der Waals surface area contributed by atoms with Crippen LogP contribution >= 0.6 is 0 Å². The van der Waals surface area contributed by atoms with Crippen molar-refractivity contribution in [2.24, 2.45) is 7.05 Å². The number of aliphatic hydroxyl groups is 1. The number of aliphatic hydroxyl groups excluding tert-OH is 1. The van der Waals surface area contributed by atoms with Crippen LogP contribution in [0.25, 0.3) is 0 Å². The lowest BCUT2D eigenvalue weighted by molar-refractivity contribution is -0.146. The number of amides is 1. The van der Waals surface area contributed by atoms with Gasteiger partial charge in [-0.05, 0) is 36.8 Å². The molecule has 1 aliphatic carbocycles. The number of sulfonamides is 1. The molecular formula is C24H32N4O6S. The van der Waals surface area contributed by atoms with Crippen LogP contribution in [-0.2, 0) is 44.2 Å². The zero-order valence-electron chi connectivity index (χ0n) is 19.7. The molecule has 2 aliphatic heterocycles. The first kappa shape index (κ1) is 24.4. The maximum absolute atomic E-state index is 13.4. The number of β-amino-alcohol motifs (C(OH)–C–C–N with tert-alkyl or cyclic N) is 1. The number of carbonyl (C=O) groups is 1. The fraction of sp³-hybridized carbons (Fsp3) is 0.583. The maximum atomic E-state index is 13.4. The van der Waals surface area contributed by atoms with Gasteiger partial charge in [0, 0.05) is 25.8 Å². The monoisotopic (exact) mass is 504 g/mol. The molecule has 3 heterocycles. The van der Waals surface area contributed by atoms with Crippen molar-refractivity contribution in [2.45, 2.75) is 67.5 Å². The van der Waals surface area contributed by atoms with Gasteiger partial charge in [-0.25, -0.2) is 13.4 Å². The quantitative estimate of drug-likeness (QED) is 0.604. The Morgan fingerprint density at radius 1 is 1.20 bits per heavy atom. The van der Waals surface area contributed by atoms with Gasteiger partial charge >= 0.3 is 0 Å². The molecule has 190 valence electrons. The van der Waals surface area contributed by atoms with Gasteiger partial charge in [-0.1, -0.05) is 24.3 Å². The second-order valence-electron chi connectivity index (χ2n) is 9.73. The molecule has 0 saturated carbocycles. The summed E-state index contributed by atoms with van der Waals surface area (Å²) in [6.07, 6.45) is 3.97. The second-order valence-corrected chi connectivity index (χ2v) is 11.6. The zero-order valence-corrected chi connectivity index (χ0v) is 20.6. The number of aryl methyl sites for hydroxylation is 1. The summed E-state index contributed by atoms with van der Waals surface area (Å²) >= 11 is 0. The molecule has 1 amide bonds. The van der Waals surface area contributed by atoms with E-state index in [1.807, 2.05) is 12.1 Å². The van der Waals surface area contributed by atoms with Gasteiger partial charge in [0.15, 0.2) is 5.03 Å². The van der Waals surface area contributed by atoms with Crippen molar-refractivity contribution >= 4 is 15.9 Å². The number of imidazole rings is 1. The number of nitrogens with zero attached hydrogens (tertiary/aromatic N) is 3. The van der Waals surface area contributed by atoms with Crippen LogP contribution in [0.4, 0.5) is 0 Å². The minimum atomic E-state index is -3.94. The second kappa shape index (κ2) is 9.98. The molecule has 0 bridgehead atoms. The van der Waals surface area contributed by atoms with E-state index in [9.17, 15) is 18.3 Å². The third-order valence-electron chi connectivity index (χ3n) is 7.02. The molecule has 2 N–H and O–H groups in total. The van der Waals surface area contributed by atoms with Gasteiger partial charge in [0.2, 0.25) is 5.91 Å². The van der Waals surface area contributed by atoms with Crippen molar-refractivity contribution in [1.29, 1.82) is 0 Å². The van der Waals surface area contributed by atoms with Crippen LogP contribution in [0.3, 0.4) is 0 Å². The van der Waals surface area contributed by atoms with Gasteiger partial charge in [0.05, 0.1) is 50.3 Å². The van der Waals surface area contributed by atoms with E-state index in [2.05, 4.69) is 22.4 Å². The molecule has 4 atom stereocenters. The van der Waals surface area contributed by atoms with Crippen LogP contribution < -0.4 is 5.32 Å². The number of benzene rings is 1. The van der Waals surface area contributed by atoms with Gasteiger partial charge in [0.25, 0.3) is 10.0 Å². The van der Waals surface area contributed by atoms with Crippen molar-refractivity contribution < 1.29 is 27.8 Å². The lowest BCUT2D eigenvalue weighted by Gasteiger charge is -2.43. The molecule has 0 radical (unpaired) electrons. The third-order valence-corrected chi connectivity index (χ3v) is 8.79. The van der Waals surface area contributed by atoms with Crippen LogP contribution in [0.5, 0.6) is 0 Å². The topological polar surface area (TPSA) is 123 Å². The number of fused-ring (bicyclic) bond motifs is 2. The molecule has 2 aromatic rings. The van der Waals surface area contributed by atoms with Crippen molar-refractivity contribution in [1.82, 2.24) is 19.2 Å². The predicted molar refractivity (Wildman–Crippen MR) is 126 cm³/mol. The Balaban J connectivity index is 1.24. The summed E-state index contributed by atoms with van der Waals surface area (Å²) in [5, 5.41) is 13.4. The number of hydrogen-bond acceptors (Lipinski definition) is 7. The van der Waals surface area contributed by atoms with Crippen LogP contribution in [-0.4, -0.2) is 83.4 Å². The van der Waals surface area contributed by atoms with Gasteiger partial charge in [-0.2, -0.15) is 4.31 Å². The number of rotatable bonds is 5. The largest absolute Gasteiger partial charge is 0.389 e. The molecule has 2 saturated heterocycles. The van der Waals surface area contributed by atoms with E-state index in [0.717, 1.165) is 12.8 Å². The average Bonchev–Trinajstić information content (AvgIpc) is 3.42. The minimum Gasteiger partial charge on any atom is -0.389 e. The Bertz CT molecular complexity index is 1140. The van der Waals surface area contributed by atoms with E-state index in [1.165, 1.54) is 28.0 Å². The molecule has 2 fully saturated rings. The summed E-state index contributed by atoms with van der Waals surface area (Å²) in [6, 6.07) is 7.80. The van der Waals surface area contributed by atoms with E-state index in [1.54, 1.807) is 11.6 Å². The molecule has 0 spiro atoms. The number of aromatic nitrogens is 2. The highest BCUT2D eigenvalue weighted by molar-refractivity contribution is 7.89. The van der Waals surface area contributed by atoms with Crippen LogP contribution in [0, 0.1) is 0 Å². The first-order chi connectivity index (χ1) is 16.8. The number of hydrogen-bond donors (Lipinski definition) is 2. The smallest absolute Gasteiger partial charge is 0.262 e. The Morgan fingerprint density at radius 2 is 1.94 bits per heavy atom. The highest BCUT2D eigenvalue weighted by Gasteiger charge is 2.44. The fourth-order valence-electron chi connectivity index (χ4n) is 5.37. The Hall–Kier alpha value is -2.31. The standard InChI is InChI=1S/C24H32N4O6S/c1-27-12-24(25-15-27)35(31,32)28-11-19(29)13-33-14-22-21(28)7-6-20(34-22)10-23(30)26-18-8-16-4-2-3-5-17(16)9-18/h2-5,12,15,18-22,29H,6-11,13-14H2,1H3,(H,26,30)/t19-,20+,21-,22+/m0/s1. The van der Waals surface area contributed by atoms with Crippen LogP contribution in [0.15, 0.2) is 41.8 Å². The van der Waals surface area contributed by atoms with Gasteiger partial charge in [-0.3, -0.25) is 4.79 Å². The van der Waals surface area contributed by atoms with E-state index in [4.69, 9.17) is 9.47 Å². The molecule has 10 nitrogen and oxygen atoms in total. The molecule has 11 heteroatoms. The Labute approximate surface area is 205 Å². The summed E-state index contributed by atoms with van der Waals surface area (Å²) < 4.78 is 41.5. The van der Waals surface area contributed by atoms with E-state index in [0.29, 0.717) is 12.8 Å². The lowest BCUT2D eigenvalue weighted by Crippen LogP contribution is -2.57. The SMILES string of the molecule is Cn1cnc(S(=O)(=O)N2C[C@H](O)COC[C@H]3O[C@@H](CC(=O)NC4Cc5ccccc5C4)CC[C@@H]32)c1. The normalized spacial score (nSPS) is 28.1. The number of nitrogens with one attached hydrogen (secondary N) is 1.